The number of hydrogen-bond donors (Lipinski definition) is 0. The Kier molecular flexibility index (Phi) is 6.35. The summed E-state index contributed by atoms with van der Waals surface area (Å²) < 4.78 is 65.4. The molecule has 28 heavy (non-hydrogen) atoms. The van der Waals surface area contributed by atoms with Crippen molar-refractivity contribution in [2.45, 2.75) is 35.0 Å². The van der Waals surface area contributed by atoms with Crippen LogP contribution in [0.4, 0.5) is 18.9 Å². The van der Waals surface area contributed by atoms with Gasteiger partial charge in [0.05, 0.1) is 14.7 Å². The average Bonchev–Trinajstić information content (AvgIpc) is 2.96. The molecule has 0 unspecified atom stereocenters. The van der Waals surface area contributed by atoms with E-state index in [4.69, 9.17) is 0 Å². The van der Waals surface area contributed by atoms with Gasteiger partial charge in [0.1, 0.15) is 0 Å². The van der Waals surface area contributed by atoms with Gasteiger partial charge in [-0.25, -0.2) is 8.42 Å². The molecule has 0 saturated carbocycles. The summed E-state index contributed by atoms with van der Waals surface area (Å²) in [6, 6.07) is 3.22. The van der Waals surface area contributed by atoms with Crippen LogP contribution >= 0.6 is 11.8 Å². The molecule has 0 bridgehead atoms. The number of hydrogen-bond acceptors (Lipinski definition) is 7. The molecule has 14 heteroatoms. The Labute approximate surface area is 162 Å². The summed E-state index contributed by atoms with van der Waals surface area (Å²) in [4.78, 5) is 10.3. The van der Waals surface area contributed by atoms with E-state index >= 15 is 0 Å². The lowest BCUT2D eigenvalue weighted by Gasteiger charge is -2.18. The molecule has 0 saturated heterocycles. The number of halogens is 3. The maximum Gasteiger partial charge on any atom is 0.451 e. The lowest BCUT2D eigenvalue weighted by molar-refractivity contribution is -0.388. The van der Waals surface area contributed by atoms with Crippen molar-refractivity contribution in [2.75, 3.05) is 13.1 Å². The number of benzene rings is 1. The van der Waals surface area contributed by atoms with Gasteiger partial charge in [0.15, 0.2) is 5.16 Å². The zero-order chi connectivity index (χ0) is 21.3. The summed E-state index contributed by atoms with van der Waals surface area (Å²) in [7, 11) is -2.85. The van der Waals surface area contributed by atoms with Gasteiger partial charge >= 0.3 is 6.18 Å². The molecule has 1 aromatic carbocycles. The summed E-state index contributed by atoms with van der Waals surface area (Å²) in [6.45, 7) is 3.63. The van der Waals surface area contributed by atoms with Crippen molar-refractivity contribution in [1.82, 2.24) is 19.1 Å². The fraction of sp³-hybridized carbons (Fsp3) is 0.429. The van der Waals surface area contributed by atoms with Crippen molar-refractivity contribution in [3.8, 4) is 0 Å². The third-order valence-electron chi connectivity index (χ3n) is 3.76. The topological polar surface area (TPSA) is 111 Å². The largest absolute Gasteiger partial charge is 0.451 e. The lowest BCUT2D eigenvalue weighted by Crippen LogP contribution is -2.30. The van der Waals surface area contributed by atoms with Crippen LogP contribution in [0.25, 0.3) is 0 Å². The molecular weight excluding hydrogens is 423 g/mol. The van der Waals surface area contributed by atoms with Crippen LogP contribution in [0, 0.1) is 10.1 Å². The molecule has 0 N–H and O–H groups in total. The molecule has 0 amide bonds. The first-order valence-corrected chi connectivity index (χ1v) is 10.1. The second-order valence-electron chi connectivity index (χ2n) is 5.44. The second kappa shape index (κ2) is 8.05. The first-order valence-electron chi connectivity index (χ1n) is 7.86. The minimum absolute atomic E-state index is 0.0623. The van der Waals surface area contributed by atoms with Crippen molar-refractivity contribution >= 4 is 27.5 Å². The lowest BCUT2D eigenvalue weighted by atomic mass is 10.3. The van der Waals surface area contributed by atoms with Crippen LogP contribution in [-0.4, -0.2) is 45.5 Å². The van der Waals surface area contributed by atoms with Crippen LogP contribution < -0.4 is 0 Å². The maximum absolute atomic E-state index is 12.8. The molecular formula is C14H16F3N5O4S2. The Bertz CT molecular complexity index is 987. The molecule has 1 aromatic heterocycles. The van der Waals surface area contributed by atoms with E-state index in [1.165, 1.54) is 12.1 Å². The fourth-order valence-corrected chi connectivity index (χ4v) is 4.70. The number of sulfonamides is 1. The van der Waals surface area contributed by atoms with Crippen molar-refractivity contribution in [2.24, 2.45) is 7.05 Å². The van der Waals surface area contributed by atoms with Gasteiger partial charge in [-0.05, 0) is 23.9 Å². The fourth-order valence-electron chi connectivity index (χ4n) is 2.35. The standard InChI is InChI=1S/C14H16F3N5O4S2/c1-4-21(5-2)28(25,26)9-6-7-11(10(8-9)22(23)24)27-13-19-18-12(20(13)3)14(15,16)17/h6-8H,4-5H2,1-3H3. The van der Waals surface area contributed by atoms with E-state index in [2.05, 4.69) is 10.2 Å². The van der Waals surface area contributed by atoms with E-state index in [-0.39, 0.29) is 28.0 Å². The minimum atomic E-state index is -4.73. The molecule has 0 aliphatic rings. The quantitative estimate of drug-likeness (QED) is 0.482. The smallest absolute Gasteiger partial charge is 0.301 e. The molecule has 2 aromatic rings. The summed E-state index contributed by atoms with van der Waals surface area (Å²) in [5.41, 5.74) is -0.560. The number of rotatable bonds is 7. The predicted molar refractivity (Wildman–Crippen MR) is 93.3 cm³/mol. The minimum Gasteiger partial charge on any atom is -0.301 e. The van der Waals surface area contributed by atoms with E-state index in [0.717, 1.165) is 17.4 Å². The van der Waals surface area contributed by atoms with Gasteiger partial charge in [-0.15, -0.1) is 10.2 Å². The van der Waals surface area contributed by atoms with Crippen LogP contribution in [0.3, 0.4) is 0 Å². The van der Waals surface area contributed by atoms with Crippen LogP contribution in [0.15, 0.2) is 33.1 Å². The van der Waals surface area contributed by atoms with Crippen LogP contribution in [0.5, 0.6) is 0 Å². The summed E-state index contributed by atoms with van der Waals surface area (Å²) in [6.07, 6.45) is -4.73. The molecule has 2 rings (SSSR count). The zero-order valence-electron chi connectivity index (χ0n) is 15.0. The van der Waals surface area contributed by atoms with E-state index in [1.54, 1.807) is 13.8 Å². The molecule has 0 fully saturated rings. The van der Waals surface area contributed by atoms with Crippen molar-refractivity contribution in [3.05, 3.63) is 34.1 Å². The van der Waals surface area contributed by atoms with Crippen molar-refractivity contribution in [1.29, 1.82) is 0 Å². The number of nitro benzene ring substituents is 1. The number of nitro groups is 1. The van der Waals surface area contributed by atoms with Crippen LogP contribution in [0.2, 0.25) is 0 Å². The summed E-state index contributed by atoms with van der Waals surface area (Å²) in [5.74, 6) is -1.25. The average molecular weight is 439 g/mol. The number of alkyl halides is 3. The maximum atomic E-state index is 12.8. The molecule has 0 spiro atoms. The van der Waals surface area contributed by atoms with Gasteiger partial charge in [-0.1, -0.05) is 13.8 Å². The van der Waals surface area contributed by atoms with Gasteiger partial charge in [0, 0.05) is 26.2 Å². The first-order chi connectivity index (χ1) is 12.9. The van der Waals surface area contributed by atoms with Gasteiger partial charge in [0.2, 0.25) is 15.8 Å². The Balaban J connectivity index is 2.48. The van der Waals surface area contributed by atoms with Crippen molar-refractivity contribution < 1.29 is 26.5 Å². The van der Waals surface area contributed by atoms with Crippen molar-refractivity contribution in [3.63, 3.8) is 0 Å². The zero-order valence-corrected chi connectivity index (χ0v) is 16.6. The van der Waals surface area contributed by atoms with Gasteiger partial charge in [-0.2, -0.15) is 17.5 Å². The van der Waals surface area contributed by atoms with E-state index in [1.807, 2.05) is 0 Å². The number of nitrogens with zero attached hydrogens (tertiary/aromatic N) is 5. The molecule has 0 aliphatic heterocycles. The molecule has 0 aliphatic carbocycles. The highest BCUT2D eigenvalue weighted by molar-refractivity contribution is 7.99. The Morgan fingerprint density at radius 1 is 1.25 bits per heavy atom. The molecule has 1 heterocycles. The highest BCUT2D eigenvalue weighted by Gasteiger charge is 2.38. The second-order valence-corrected chi connectivity index (χ2v) is 8.39. The Hall–Kier alpha value is -2.19. The Morgan fingerprint density at radius 2 is 1.86 bits per heavy atom. The first kappa shape index (κ1) is 22.1. The van der Waals surface area contributed by atoms with Gasteiger partial charge in [0.25, 0.3) is 5.69 Å². The monoisotopic (exact) mass is 439 g/mol. The molecule has 9 nitrogen and oxygen atoms in total. The molecule has 154 valence electrons. The SMILES string of the molecule is CCN(CC)S(=O)(=O)c1ccc(Sc2nnc(C(F)(F)F)n2C)c([N+](=O)[O-])c1. The molecule has 0 radical (unpaired) electrons. The van der Waals surface area contributed by atoms with E-state index < -0.39 is 32.6 Å². The summed E-state index contributed by atoms with van der Waals surface area (Å²) >= 11 is 0.585. The van der Waals surface area contributed by atoms with E-state index in [0.29, 0.717) is 16.3 Å². The third kappa shape index (κ3) is 4.28. The normalized spacial score (nSPS) is 12.5. The highest BCUT2D eigenvalue weighted by Crippen LogP contribution is 2.37. The van der Waals surface area contributed by atoms with Gasteiger partial charge < -0.3 is 4.57 Å². The number of aromatic nitrogens is 3. The van der Waals surface area contributed by atoms with Crippen LogP contribution in [-0.2, 0) is 23.2 Å². The van der Waals surface area contributed by atoms with Crippen LogP contribution in [0.1, 0.15) is 19.7 Å². The molecule has 0 atom stereocenters. The third-order valence-corrected chi connectivity index (χ3v) is 6.91. The predicted octanol–water partition coefficient (Wildman–Crippen LogP) is 2.92. The highest BCUT2D eigenvalue weighted by atomic mass is 32.2. The summed E-state index contributed by atoms with van der Waals surface area (Å²) in [5, 5.41) is 17.6. The Morgan fingerprint density at radius 3 is 2.32 bits per heavy atom. The van der Waals surface area contributed by atoms with Gasteiger partial charge in [-0.3, -0.25) is 10.1 Å². The van der Waals surface area contributed by atoms with E-state index in [9.17, 15) is 31.7 Å².